The highest BCUT2D eigenvalue weighted by Gasteiger charge is 2.23. The fourth-order valence-corrected chi connectivity index (χ4v) is 3.54. The summed E-state index contributed by atoms with van der Waals surface area (Å²) in [5, 5.41) is 14.1. The third kappa shape index (κ3) is 5.06. The molecule has 2 rings (SSSR count). The van der Waals surface area contributed by atoms with Crippen molar-refractivity contribution in [2.45, 2.75) is 19.8 Å². The molecule has 7 nitrogen and oxygen atoms in total. The number of anilines is 1. The molecule has 1 amide bonds. The number of benzene rings is 1. The van der Waals surface area contributed by atoms with E-state index in [2.05, 4.69) is 15.1 Å². The zero-order valence-corrected chi connectivity index (χ0v) is 15.7. The van der Waals surface area contributed by atoms with Crippen LogP contribution in [0.2, 0.25) is 5.02 Å². The molecular weight excluding hydrogens is 344 g/mol. The Hall–Kier alpha value is -1.86. The van der Waals surface area contributed by atoms with Gasteiger partial charge in [-0.1, -0.05) is 11.6 Å². The van der Waals surface area contributed by atoms with Gasteiger partial charge in [0.1, 0.15) is 0 Å². The molecule has 8 heteroatoms. The lowest BCUT2D eigenvalue weighted by Gasteiger charge is -2.34. The van der Waals surface area contributed by atoms with Gasteiger partial charge in [-0.05, 0) is 44.8 Å². The number of piperidine rings is 1. The lowest BCUT2D eigenvalue weighted by molar-refractivity contribution is -0.385. The Kier molecular flexibility index (Phi) is 6.61. The van der Waals surface area contributed by atoms with E-state index in [4.69, 9.17) is 11.6 Å². The fraction of sp³-hybridized carbons (Fsp3) is 0.588. The molecule has 0 bridgehead atoms. The van der Waals surface area contributed by atoms with Crippen LogP contribution in [0.4, 0.5) is 11.4 Å². The number of halogens is 1. The van der Waals surface area contributed by atoms with Crippen molar-refractivity contribution in [1.29, 1.82) is 0 Å². The molecule has 0 aromatic heterocycles. The number of likely N-dealkylation sites (N-methyl/N-ethyl adjacent to an activating group) is 1. The van der Waals surface area contributed by atoms with E-state index < -0.39 is 4.92 Å². The third-order valence-corrected chi connectivity index (χ3v) is 5.06. The molecule has 1 aliphatic rings. The largest absolute Gasteiger partial charge is 0.373 e. The standard InChI is InChI=1S/C17H25ClN4O3/c1-12-8-16(14(18)9-15(12)22(24)25)20(3)10-13-4-6-21(7-5-13)11-17(23)19-2/h8-9,13H,4-7,10-11H2,1-3H3,(H,19,23). The first-order chi connectivity index (χ1) is 11.8. The van der Waals surface area contributed by atoms with E-state index in [1.165, 1.54) is 6.07 Å². The number of nitro benzene ring substituents is 1. The minimum Gasteiger partial charge on any atom is -0.373 e. The molecule has 0 radical (unpaired) electrons. The minimum atomic E-state index is -0.410. The van der Waals surface area contributed by atoms with Crippen molar-refractivity contribution in [3.8, 4) is 0 Å². The summed E-state index contributed by atoms with van der Waals surface area (Å²) in [7, 11) is 3.61. The van der Waals surface area contributed by atoms with Gasteiger partial charge in [0.25, 0.3) is 5.69 Å². The Morgan fingerprint density at radius 2 is 2.08 bits per heavy atom. The summed E-state index contributed by atoms with van der Waals surface area (Å²) >= 11 is 6.26. The molecule has 0 saturated carbocycles. The van der Waals surface area contributed by atoms with Gasteiger partial charge in [0, 0.05) is 32.3 Å². The van der Waals surface area contributed by atoms with Crippen molar-refractivity contribution in [2.75, 3.05) is 45.2 Å². The minimum absolute atomic E-state index is 0.0451. The number of carbonyl (C=O) groups excluding carboxylic acids is 1. The number of nitro groups is 1. The van der Waals surface area contributed by atoms with Crippen molar-refractivity contribution in [1.82, 2.24) is 10.2 Å². The molecular formula is C17H25ClN4O3. The maximum atomic E-state index is 11.4. The lowest BCUT2D eigenvalue weighted by Crippen LogP contribution is -2.42. The highest BCUT2D eigenvalue weighted by atomic mass is 35.5. The van der Waals surface area contributed by atoms with E-state index in [0.29, 0.717) is 23.0 Å². The number of hydrogen-bond donors (Lipinski definition) is 1. The molecule has 1 N–H and O–H groups in total. The van der Waals surface area contributed by atoms with Crippen LogP contribution in [0.25, 0.3) is 0 Å². The summed E-state index contributed by atoms with van der Waals surface area (Å²) in [6.07, 6.45) is 2.04. The summed E-state index contributed by atoms with van der Waals surface area (Å²) in [5.74, 6) is 0.557. The normalized spacial score (nSPS) is 15.8. The Labute approximate surface area is 153 Å². The SMILES string of the molecule is CNC(=O)CN1CCC(CN(C)c2cc(C)c([N+](=O)[O-])cc2Cl)CC1. The smallest absolute Gasteiger partial charge is 0.273 e. The van der Waals surface area contributed by atoms with E-state index in [9.17, 15) is 14.9 Å². The summed E-state index contributed by atoms with van der Waals surface area (Å²) in [6.45, 7) is 4.82. The van der Waals surface area contributed by atoms with Crippen molar-refractivity contribution in [3.05, 3.63) is 32.8 Å². The first kappa shape index (κ1) is 19.5. The predicted molar refractivity (Wildman–Crippen MR) is 99.3 cm³/mol. The molecule has 0 atom stereocenters. The van der Waals surface area contributed by atoms with Gasteiger partial charge < -0.3 is 10.2 Å². The number of nitrogens with zero attached hydrogens (tertiary/aromatic N) is 3. The summed E-state index contributed by atoms with van der Waals surface area (Å²) in [4.78, 5) is 26.3. The van der Waals surface area contributed by atoms with Crippen LogP contribution in [0.3, 0.4) is 0 Å². The molecule has 0 unspecified atom stereocenters. The van der Waals surface area contributed by atoms with Gasteiger partial charge in [-0.15, -0.1) is 0 Å². The molecule has 0 spiro atoms. The van der Waals surface area contributed by atoms with Crippen molar-refractivity contribution >= 4 is 28.9 Å². The van der Waals surface area contributed by atoms with Crippen LogP contribution >= 0.6 is 11.6 Å². The van der Waals surface area contributed by atoms with Gasteiger partial charge in [-0.2, -0.15) is 0 Å². The van der Waals surface area contributed by atoms with Crippen LogP contribution in [0.5, 0.6) is 0 Å². The maximum Gasteiger partial charge on any atom is 0.273 e. The van der Waals surface area contributed by atoms with Crippen molar-refractivity contribution in [2.24, 2.45) is 5.92 Å². The average molecular weight is 369 g/mol. The summed E-state index contributed by atoms with van der Waals surface area (Å²) in [6, 6.07) is 3.20. The predicted octanol–water partition coefficient (Wildman–Crippen LogP) is 2.45. The second-order valence-electron chi connectivity index (χ2n) is 6.62. The molecule has 1 fully saturated rings. The van der Waals surface area contributed by atoms with Gasteiger partial charge in [0.15, 0.2) is 0 Å². The molecule has 1 aromatic rings. The first-order valence-electron chi connectivity index (χ1n) is 8.40. The maximum absolute atomic E-state index is 11.4. The monoisotopic (exact) mass is 368 g/mol. The second-order valence-corrected chi connectivity index (χ2v) is 7.03. The van der Waals surface area contributed by atoms with Gasteiger partial charge in [0.05, 0.1) is 22.2 Å². The Morgan fingerprint density at radius 1 is 1.44 bits per heavy atom. The first-order valence-corrected chi connectivity index (χ1v) is 8.78. The Morgan fingerprint density at radius 3 is 2.64 bits per heavy atom. The van der Waals surface area contributed by atoms with Crippen LogP contribution < -0.4 is 10.2 Å². The number of carbonyl (C=O) groups is 1. The van der Waals surface area contributed by atoms with E-state index in [-0.39, 0.29) is 11.6 Å². The number of likely N-dealkylation sites (tertiary alicyclic amines) is 1. The van der Waals surface area contributed by atoms with Crippen LogP contribution in [0, 0.1) is 23.0 Å². The van der Waals surface area contributed by atoms with Crippen molar-refractivity contribution < 1.29 is 9.72 Å². The lowest BCUT2D eigenvalue weighted by atomic mass is 9.96. The highest BCUT2D eigenvalue weighted by molar-refractivity contribution is 6.33. The molecule has 138 valence electrons. The quantitative estimate of drug-likeness (QED) is 0.616. The van der Waals surface area contributed by atoms with Crippen LogP contribution in [-0.2, 0) is 4.79 Å². The summed E-state index contributed by atoms with van der Waals surface area (Å²) in [5.41, 5.74) is 1.47. The molecule has 1 aromatic carbocycles. The molecule has 1 saturated heterocycles. The molecule has 25 heavy (non-hydrogen) atoms. The number of nitrogens with one attached hydrogen (secondary N) is 1. The van der Waals surface area contributed by atoms with E-state index in [1.807, 2.05) is 7.05 Å². The number of aryl methyl sites for hydroxylation is 1. The van der Waals surface area contributed by atoms with Crippen LogP contribution in [-0.4, -0.2) is 56.0 Å². The van der Waals surface area contributed by atoms with Crippen molar-refractivity contribution in [3.63, 3.8) is 0 Å². The summed E-state index contributed by atoms with van der Waals surface area (Å²) < 4.78 is 0. The van der Waals surface area contributed by atoms with Crippen LogP contribution in [0.1, 0.15) is 18.4 Å². The topological polar surface area (TPSA) is 78.7 Å². The number of amides is 1. The van der Waals surface area contributed by atoms with E-state index in [1.54, 1.807) is 20.0 Å². The fourth-order valence-electron chi connectivity index (χ4n) is 3.24. The van der Waals surface area contributed by atoms with Crippen LogP contribution in [0.15, 0.2) is 12.1 Å². The van der Waals surface area contributed by atoms with Gasteiger partial charge >= 0.3 is 0 Å². The van der Waals surface area contributed by atoms with Gasteiger partial charge in [-0.25, -0.2) is 0 Å². The molecule has 0 aliphatic carbocycles. The van der Waals surface area contributed by atoms with E-state index in [0.717, 1.165) is 38.2 Å². The molecule has 1 heterocycles. The van der Waals surface area contributed by atoms with Gasteiger partial charge in [0.2, 0.25) is 5.91 Å². The average Bonchev–Trinajstić information content (AvgIpc) is 2.57. The van der Waals surface area contributed by atoms with Gasteiger partial charge in [-0.3, -0.25) is 19.8 Å². The van der Waals surface area contributed by atoms with E-state index >= 15 is 0 Å². The molecule has 1 aliphatic heterocycles. The Balaban J connectivity index is 1.95. The Bertz CT molecular complexity index is 645. The highest BCUT2D eigenvalue weighted by Crippen LogP contribution is 2.33. The zero-order chi connectivity index (χ0) is 18.6. The second kappa shape index (κ2) is 8.49. The zero-order valence-electron chi connectivity index (χ0n) is 14.9. The number of hydrogen-bond acceptors (Lipinski definition) is 5. The third-order valence-electron chi connectivity index (χ3n) is 4.76. The number of rotatable bonds is 6.